The van der Waals surface area contributed by atoms with E-state index in [9.17, 15) is 0 Å². The van der Waals surface area contributed by atoms with E-state index in [0.29, 0.717) is 6.04 Å². The van der Waals surface area contributed by atoms with Crippen LogP contribution in [0.15, 0.2) is 17.0 Å². The highest BCUT2D eigenvalue weighted by atomic mass is 79.9. The summed E-state index contributed by atoms with van der Waals surface area (Å²) in [6, 6.07) is 0.601. The first-order valence-electron chi connectivity index (χ1n) is 6.75. The van der Waals surface area contributed by atoms with Gasteiger partial charge < -0.3 is 10.2 Å². The van der Waals surface area contributed by atoms with Crippen molar-refractivity contribution in [2.45, 2.75) is 38.6 Å². The molecule has 1 unspecified atom stereocenters. The molecule has 0 saturated carbocycles. The van der Waals surface area contributed by atoms with E-state index in [4.69, 9.17) is 0 Å². The molecular formula is C13H21BrN4. The molecule has 0 amide bonds. The van der Waals surface area contributed by atoms with Crippen LogP contribution in [0, 0.1) is 0 Å². The normalized spacial score (nSPS) is 19.1. The van der Waals surface area contributed by atoms with Crippen LogP contribution in [0.5, 0.6) is 0 Å². The third-order valence-corrected chi connectivity index (χ3v) is 3.89. The lowest BCUT2D eigenvalue weighted by molar-refractivity contribution is 0.568. The second kappa shape index (κ2) is 7.04. The van der Waals surface area contributed by atoms with E-state index in [0.717, 1.165) is 29.9 Å². The Morgan fingerprint density at radius 2 is 2.44 bits per heavy atom. The minimum absolute atomic E-state index is 0.601. The lowest BCUT2D eigenvalue weighted by atomic mass is 10.2. The SMILES string of the molecule is CCCCN(CC1CCCN1)c1ncncc1Br. The van der Waals surface area contributed by atoms with Crippen LogP contribution in [0.3, 0.4) is 0 Å². The number of rotatable bonds is 6. The molecule has 2 heterocycles. The Morgan fingerprint density at radius 3 is 3.11 bits per heavy atom. The van der Waals surface area contributed by atoms with Gasteiger partial charge in [-0.1, -0.05) is 13.3 Å². The molecule has 18 heavy (non-hydrogen) atoms. The maximum atomic E-state index is 4.41. The quantitative estimate of drug-likeness (QED) is 0.876. The summed E-state index contributed by atoms with van der Waals surface area (Å²) in [5, 5.41) is 3.55. The largest absolute Gasteiger partial charge is 0.354 e. The van der Waals surface area contributed by atoms with E-state index in [2.05, 4.69) is 43.0 Å². The Labute approximate surface area is 117 Å². The van der Waals surface area contributed by atoms with E-state index in [-0.39, 0.29) is 0 Å². The highest BCUT2D eigenvalue weighted by molar-refractivity contribution is 9.10. The zero-order chi connectivity index (χ0) is 12.8. The van der Waals surface area contributed by atoms with Gasteiger partial charge >= 0.3 is 0 Å². The van der Waals surface area contributed by atoms with E-state index in [1.807, 2.05) is 6.20 Å². The zero-order valence-electron chi connectivity index (χ0n) is 10.9. The number of hydrogen-bond acceptors (Lipinski definition) is 4. The molecule has 0 radical (unpaired) electrons. The molecule has 4 nitrogen and oxygen atoms in total. The van der Waals surface area contributed by atoms with Crippen LogP contribution in [0.4, 0.5) is 5.82 Å². The van der Waals surface area contributed by atoms with Crippen molar-refractivity contribution >= 4 is 21.7 Å². The molecule has 5 heteroatoms. The molecule has 1 aliphatic rings. The first kappa shape index (κ1) is 13.7. The summed E-state index contributed by atoms with van der Waals surface area (Å²) < 4.78 is 0.985. The summed E-state index contributed by atoms with van der Waals surface area (Å²) in [6.07, 6.45) is 8.41. The summed E-state index contributed by atoms with van der Waals surface area (Å²) in [4.78, 5) is 10.8. The molecular weight excluding hydrogens is 292 g/mol. The Hall–Kier alpha value is -0.680. The first-order valence-corrected chi connectivity index (χ1v) is 7.54. The fraction of sp³-hybridized carbons (Fsp3) is 0.692. The standard InChI is InChI=1S/C13H21BrN4/c1-2-3-7-18(9-11-5-4-6-16-11)13-12(14)8-15-10-17-13/h8,10-11,16H,2-7,9H2,1H3. The maximum Gasteiger partial charge on any atom is 0.146 e. The van der Waals surface area contributed by atoms with Crippen LogP contribution in [0.25, 0.3) is 0 Å². The van der Waals surface area contributed by atoms with Crippen molar-refractivity contribution in [3.63, 3.8) is 0 Å². The second-order valence-electron chi connectivity index (χ2n) is 4.79. The van der Waals surface area contributed by atoms with Crippen molar-refractivity contribution in [3.05, 3.63) is 17.0 Å². The average molecular weight is 313 g/mol. The summed E-state index contributed by atoms with van der Waals surface area (Å²) in [7, 11) is 0. The van der Waals surface area contributed by atoms with E-state index in [1.54, 1.807) is 6.33 Å². The Bertz CT molecular complexity index is 366. The molecule has 0 spiro atoms. The third kappa shape index (κ3) is 3.65. The van der Waals surface area contributed by atoms with Crippen LogP contribution in [0.1, 0.15) is 32.6 Å². The van der Waals surface area contributed by atoms with Gasteiger partial charge in [-0.25, -0.2) is 9.97 Å². The smallest absolute Gasteiger partial charge is 0.146 e. The molecule has 1 aromatic heterocycles. The highest BCUT2D eigenvalue weighted by Gasteiger charge is 2.19. The van der Waals surface area contributed by atoms with Gasteiger partial charge in [-0.3, -0.25) is 0 Å². The van der Waals surface area contributed by atoms with Gasteiger partial charge in [-0.05, 0) is 41.7 Å². The topological polar surface area (TPSA) is 41.0 Å². The van der Waals surface area contributed by atoms with Gasteiger partial charge in [0.2, 0.25) is 0 Å². The van der Waals surface area contributed by atoms with Crippen molar-refractivity contribution in [2.75, 3.05) is 24.5 Å². The van der Waals surface area contributed by atoms with Crippen molar-refractivity contribution < 1.29 is 0 Å². The van der Waals surface area contributed by atoms with Crippen LogP contribution < -0.4 is 10.2 Å². The van der Waals surface area contributed by atoms with Crippen LogP contribution in [0.2, 0.25) is 0 Å². The summed E-state index contributed by atoms with van der Waals surface area (Å²) >= 11 is 3.55. The first-order chi connectivity index (χ1) is 8.81. The number of halogens is 1. The summed E-state index contributed by atoms with van der Waals surface area (Å²) in [5.41, 5.74) is 0. The Morgan fingerprint density at radius 1 is 1.56 bits per heavy atom. The molecule has 0 aromatic carbocycles. The molecule has 100 valence electrons. The molecule has 0 bridgehead atoms. The lowest BCUT2D eigenvalue weighted by Crippen LogP contribution is -2.38. The van der Waals surface area contributed by atoms with E-state index < -0.39 is 0 Å². The Kier molecular flexibility index (Phi) is 5.38. The molecule has 0 aliphatic carbocycles. The molecule has 1 aromatic rings. The third-order valence-electron chi connectivity index (χ3n) is 3.33. The summed E-state index contributed by atoms with van der Waals surface area (Å²) in [6.45, 7) is 5.47. The van der Waals surface area contributed by atoms with Crippen molar-refractivity contribution in [1.82, 2.24) is 15.3 Å². The summed E-state index contributed by atoms with van der Waals surface area (Å²) in [5.74, 6) is 1.02. The van der Waals surface area contributed by atoms with Gasteiger partial charge in [-0.2, -0.15) is 0 Å². The van der Waals surface area contributed by atoms with Gasteiger partial charge in [-0.15, -0.1) is 0 Å². The highest BCUT2D eigenvalue weighted by Crippen LogP contribution is 2.23. The van der Waals surface area contributed by atoms with Gasteiger partial charge in [0.15, 0.2) is 0 Å². The Balaban J connectivity index is 2.06. The average Bonchev–Trinajstić information content (AvgIpc) is 2.88. The van der Waals surface area contributed by atoms with Gasteiger partial charge in [0.05, 0.1) is 4.47 Å². The number of anilines is 1. The van der Waals surface area contributed by atoms with Crippen LogP contribution in [-0.4, -0.2) is 35.6 Å². The number of hydrogen-bond donors (Lipinski definition) is 1. The fourth-order valence-corrected chi connectivity index (χ4v) is 2.82. The van der Waals surface area contributed by atoms with E-state index in [1.165, 1.54) is 25.7 Å². The molecule has 1 saturated heterocycles. The van der Waals surface area contributed by atoms with Gasteiger partial charge in [0.25, 0.3) is 0 Å². The molecule has 1 atom stereocenters. The number of nitrogens with one attached hydrogen (secondary N) is 1. The lowest BCUT2D eigenvalue weighted by Gasteiger charge is -2.27. The minimum Gasteiger partial charge on any atom is -0.354 e. The minimum atomic E-state index is 0.601. The van der Waals surface area contributed by atoms with Crippen molar-refractivity contribution in [3.8, 4) is 0 Å². The predicted molar refractivity (Wildman–Crippen MR) is 77.9 cm³/mol. The van der Waals surface area contributed by atoms with Crippen LogP contribution >= 0.6 is 15.9 Å². The predicted octanol–water partition coefficient (Wildman–Crippen LogP) is 2.60. The van der Waals surface area contributed by atoms with Crippen molar-refractivity contribution in [1.29, 1.82) is 0 Å². The molecule has 1 fully saturated rings. The number of nitrogens with zero attached hydrogens (tertiary/aromatic N) is 3. The molecule has 1 aliphatic heterocycles. The van der Waals surface area contributed by atoms with Crippen molar-refractivity contribution in [2.24, 2.45) is 0 Å². The molecule has 1 N–H and O–H groups in total. The molecule has 2 rings (SSSR count). The van der Waals surface area contributed by atoms with E-state index >= 15 is 0 Å². The van der Waals surface area contributed by atoms with Gasteiger partial charge in [0, 0.05) is 25.3 Å². The second-order valence-corrected chi connectivity index (χ2v) is 5.64. The number of unbranched alkanes of at least 4 members (excludes halogenated alkanes) is 1. The zero-order valence-corrected chi connectivity index (χ0v) is 12.5. The fourth-order valence-electron chi connectivity index (χ4n) is 2.35. The van der Waals surface area contributed by atoms with Gasteiger partial charge in [0.1, 0.15) is 12.1 Å². The number of aromatic nitrogens is 2. The maximum absolute atomic E-state index is 4.41. The monoisotopic (exact) mass is 312 g/mol. The van der Waals surface area contributed by atoms with Crippen LogP contribution in [-0.2, 0) is 0 Å².